The molecule has 2 rings (SSSR count). The van der Waals surface area contributed by atoms with Gasteiger partial charge in [0.25, 0.3) is 0 Å². The van der Waals surface area contributed by atoms with Crippen LogP contribution in [0.2, 0.25) is 0 Å². The first-order valence-corrected chi connectivity index (χ1v) is 6.43. The molecule has 2 aliphatic heterocycles. The summed E-state index contributed by atoms with van der Waals surface area (Å²) in [4.78, 5) is 24.5. The van der Waals surface area contributed by atoms with Gasteiger partial charge >= 0.3 is 5.97 Å². The monoisotopic (exact) mass is 265 g/mol. The van der Waals surface area contributed by atoms with E-state index in [1.54, 1.807) is 13.8 Å². The quantitative estimate of drug-likeness (QED) is 0.376. The van der Waals surface area contributed by atoms with Crippen LogP contribution < -0.4 is 0 Å². The van der Waals surface area contributed by atoms with Gasteiger partial charge in [0, 0.05) is 0 Å². The van der Waals surface area contributed by atoms with Gasteiger partial charge in [-0.3, -0.25) is 9.00 Å². The number of amides is 1. The van der Waals surface area contributed by atoms with Crippen molar-refractivity contribution in [2.75, 3.05) is 7.11 Å². The zero-order valence-electron chi connectivity index (χ0n) is 9.10. The number of halogens is 1. The van der Waals surface area contributed by atoms with Crippen molar-refractivity contribution in [3.05, 3.63) is 0 Å². The number of esters is 1. The smallest absolute Gasteiger partial charge is 0.330 e. The molecule has 1 amide bonds. The van der Waals surface area contributed by atoms with Gasteiger partial charge in [-0.2, -0.15) is 0 Å². The molecule has 4 atom stereocenters. The van der Waals surface area contributed by atoms with Gasteiger partial charge < -0.3 is 9.64 Å². The lowest BCUT2D eigenvalue weighted by atomic mass is 9.98. The second-order valence-electron chi connectivity index (χ2n) is 4.36. The minimum absolute atomic E-state index is 0.346. The SMILES string of the molecule is COC(=O)[C@@H]1N2C(=O)[C@H](Cl)[C@H]2S(=O)C1(C)C. The molecule has 90 valence electrons. The molecule has 0 bridgehead atoms. The summed E-state index contributed by atoms with van der Waals surface area (Å²) in [7, 11) is -0.105. The molecule has 0 spiro atoms. The fraction of sp³-hybridized carbons (Fsp3) is 0.778. The lowest BCUT2D eigenvalue weighted by Crippen LogP contribution is -2.64. The van der Waals surface area contributed by atoms with Gasteiger partial charge in [0.15, 0.2) is 0 Å². The van der Waals surface area contributed by atoms with Crippen molar-refractivity contribution < 1.29 is 18.5 Å². The Kier molecular flexibility index (Phi) is 2.54. The van der Waals surface area contributed by atoms with Crippen LogP contribution in [0.3, 0.4) is 0 Å². The number of rotatable bonds is 1. The Morgan fingerprint density at radius 3 is 2.62 bits per heavy atom. The summed E-state index contributed by atoms with van der Waals surface area (Å²) >= 11 is 5.80. The molecule has 1 unspecified atom stereocenters. The zero-order valence-corrected chi connectivity index (χ0v) is 10.7. The molecular formula is C9H12ClNO4S. The normalized spacial score (nSPS) is 40.2. The van der Waals surface area contributed by atoms with Crippen molar-refractivity contribution in [3.63, 3.8) is 0 Å². The Hall–Kier alpha value is -0.620. The molecule has 2 heterocycles. The van der Waals surface area contributed by atoms with Crippen molar-refractivity contribution in [1.29, 1.82) is 0 Å². The van der Waals surface area contributed by atoms with E-state index in [9.17, 15) is 13.8 Å². The summed E-state index contributed by atoms with van der Waals surface area (Å²) in [6.45, 7) is 3.36. The van der Waals surface area contributed by atoms with E-state index in [4.69, 9.17) is 11.6 Å². The number of hydrogen-bond acceptors (Lipinski definition) is 4. The fourth-order valence-electron chi connectivity index (χ4n) is 2.20. The van der Waals surface area contributed by atoms with Gasteiger partial charge in [-0.25, -0.2) is 4.79 Å². The van der Waals surface area contributed by atoms with Gasteiger partial charge in [-0.1, -0.05) is 0 Å². The summed E-state index contributed by atoms with van der Waals surface area (Å²) in [5, 5.41) is -1.34. The van der Waals surface area contributed by atoms with E-state index in [-0.39, 0.29) is 5.91 Å². The molecule has 0 N–H and O–H groups in total. The maximum atomic E-state index is 12.1. The lowest BCUT2D eigenvalue weighted by Gasteiger charge is -2.40. The molecule has 0 aromatic carbocycles. The van der Waals surface area contributed by atoms with Crippen molar-refractivity contribution in [2.45, 2.75) is 35.4 Å². The Balaban J connectivity index is 2.41. The van der Waals surface area contributed by atoms with Gasteiger partial charge in [-0.15, -0.1) is 11.6 Å². The third kappa shape index (κ3) is 1.20. The number of nitrogens with zero attached hydrogens (tertiary/aromatic N) is 1. The Morgan fingerprint density at radius 1 is 1.56 bits per heavy atom. The highest BCUT2D eigenvalue weighted by molar-refractivity contribution is 7.87. The van der Waals surface area contributed by atoms with Crippen molar-refractivity contribution in [2.24, 2.45) is 0 Å². The minimum Gasteiger partial charge on any atom is -0.467 e. The third-order valence-electron chi connectivity index (χ3n) is 3.11. The van der Waals surface area contributed by atoms with Crippen LogP contribution in [0.15, 0.2) is 0 Å². The van der Waals surface area contributed by atoms with Gasteiger partial charge in [0.2, 0.25) is 5.91 Å². The van der Waals surface area contributed by atoms with Crippen LogP contribution in [-0.2, 0) is 25.1 Å². The van der Waals surface area contributed by atoms with E-state index in [0.717, 1.165) is 0 Å². The summed E-state index contributed by atoms with van der Waals surface area (Å²) in [6.07, 6.45) is 0. The predicted molar refractivity (Wildman–Crippen MR) is 58.3 cm³/mol. The van der Waals surface area contributed by atoms with E-state index >= 15 is 0 Å². The Labute approximate surface area is 101 Å². The van der Waals surface area contributed by atoms with Crippen LogP contribution >= 0.6 is 11.6 Å². The summed E-state index contributed by atoms with van der Waals surface area (Å²) < 4.78 is 15.9. The topological polar surface area (TPSA) is 63.7 Å². The van der Waals surface area contributed by atoms with Crippen LogP contribution in [0.25, 0.3) is 0 Å². The molecule has 0 aromatic rings. The predicted octanol–water partition coefficient (Wildman–Crippen LogP) is -0.155. The number of carbonyl (C=O) groups excluding carboxylic acids is 2. The Morgan fingerprint density at radius 2 is 2.12 bits per heavy atom. The maximum Gasteiger partial charge on any atom is 0.330 e. The highest BCUT2D eigenvalue weighted by Gasteiger charge is 2.67. The summed E-state index contributed by atoms with van der Waals surface area (Å²) in [5.41, 5.74) is 0. The highest BCUT2D eigenvalue weighted by Crippen LogP contribution is 2.45. The maximum absolute atomic E-state index is 12.1. The number of fused-ring (bicyclic) bond motifs is 1. The molecule has 2 fully saturated rings. The van der Waals surface area contributed by atoms with Crippen LogP contribution in [0, 0.1) is 0 Å². The standard InChI is InChI=1S/C9H12ClNO4S/c1-9(2)5(8(13)15-3)11-6(12)4(10)7(11)16(9)14/h4-5,7H,1-3H3/t4-,5-,7+,16?/m0/s1. The number of hydrogen-bond donors (Lipinski definition) is 0. The van der Waals surface area contributed by atoms with Crippen molar-refractivity contribution in [1.82, 2.24) is 4.90 Å². The Bertz CT molecular complexity index is 397. The first-order chi connectivity index (χ1) is 7.34. The summed E-state index contributed by atoms with van der Waals surface area (Å²) in [6, 6.07) is -0.800. The largest absolute Gasteiger partial charge is 0.467 e. The highest BCUT2D eigenvalue weighted by atomic mass is 35.5. The van der Waals surface area contributed by atoms with Crippen LogP contribution in [-0.4, -0.2) is 49.6 Å². The first-order valence-electron chi connectivity index (χ1n) is 4.78. The number of methoxy groups -OCH3 is 1. The number of carbonyl (C=O) groups is 2. The number of alkyl halides is 1. The van der Waals surface area contributed by atoms with E-state index in [2.05, 4.69) is 4.74 Å². The van der Waals surface area contributed by atoms with E-state index < -0.39 is 38.3 Å². The first kappa shape index (κ1) is 11.9. The molecule has 16 heavy (non-hydrogen) atoms. The number of β-lactam (4-membered cyclic amide) rings is 1. The van der Waals surface area contributed by atoms with E-state index in [1.165, 1.54) is 12.0 Å². The second kappa shape index (κ2) is 3.43. The average molecular weight is 266 g/mol. The van der Waals surface area contributed by atoms with Gasteiger partial charge in [-0.05, 0) is 13.8 Å². The van der Waals surface area contributed by atoms with Gasteiger partial charge in [0.1, 0.15) is 16.8 Å². The minimum atomic E-state index is -1.35. The van der Waals surface area contributed by atoms with Crippen molar-refractivity contribution >= 4 is 34.3 Å². The molecule has 0 aliphatic carbocycles. The molecule has 5 nitrogen and oxygen atoms in total. The third-order valence-corrected chi connectivity index (χ3v) is 5.89. The second-order valence-corrected chi connectivity index (χ2v) is 6.96. The van der Waals surface area contributed by atoms with Crippen LogP contribution in [0.5, 0.6) is 0 Å². The zero-order chi connectivity index (χ0) is 12.2. The molecule has 2 saturated heterocycles. The molecule has 0 saturated carbocycles. The van der Waals surface area contributed by atoms with Crippen molar-refractivity contribution in [3.8, 4) is 0 Å². The van der Waals surface area contributed by atoms with Crippen LogP contribution in [0.1, 0.15) is 13.8 Å². The summed E-state index contributed by atoms with van der Waals surface area (Å²) in [5.74, 6) is -0.890. The van der Waals surface area contributed by atoms with Gasteiger partial charge in [0.05, 0.1) is 22.7 Å². The number of ether oxygens (including phenoxy) is 1. The fourth-order valence-corrected chi connectivity index (χ4v) is 4.53. The van der Waals surface area contributed by atoms with Crippen LogP contribution in [0.4, 0.5) is 0 Å². The van der Waals surface area contributed by atoms with E-state index in [0.29, 0.717) is 0 Å². The molecular weight excluding hydrogens is 254 g/mol. The molecule has 2 aliphatic rings. The molecule has 0 radical (unpaired) electrons. The lowest BCUT2D eigenvalue weighted by molar-refractivity contribution is -0.158. The molecule has 0 aromatic heterocycles. The van der Waals surface area contributed by atoms with E-state index in [1.807, 2.05) is 0 Å². The molecule has 7 heteroatoms. The average Bonchev–Trinajstić information content (AvgIpc) is 2.44.